The largest absolute Gasteiger partial charge is 0.506 e. The van der Waals surface area contributed by atoms with Gasteiger partial charge >= 0.3 is 0 Å². The summed E-state index contributed by atoms with van der Waals surface area (Å²) in [7, 11) is 0. The molecule has 1 aromatic carbocycles. The minimum atomic E-state index is -0.335. The molecule has 0 aromatic heterocycles. The first-order valence-electron chi connectivity index (χ1n) is 4.49. The zero-order chi connectivity index (χ0) is 11.6. The topological polar surface area (TPSA) is 46.2 Å². The number of aromatic hydroxyl groups is 1. The summed E-state index contributed by atoms with van der Waals surface area (Å²) in [6.45, 7) is 5.65. The van der Waals surface area contributed by atoms with E-state index in [1.165, 1.54) is 6.07 Å². The molecule has 1 rings (SSSR count). The number of nitrogens with two attached hydrogens (primary N) is 1. The zero-order valence-corrected chi connectivity index (χ0v) is 9.94. The molecule has 1 aromatic rings. The second-order valence-corrected chi connectivity index (χ2v) is 4.44. The van der Waals surface area contributed by atoms with Crippen molar-refractivity contribution < 1.29 is 5.11 Å². The predicted molar refractivity (Wildman–Crippen MR) is 64.5 cm³/mol. The van der Waals surface area contributed by atoms with Gasteiger partial charge in [0, 0.05) is 16.6 Å². The summed E-state index contributed by atoms with van der Waals surface area (Å²) in [4.78, 5) is 0. The molecular weight excluding hydrogens is 233 g/mol. The molecule has 0 aliphatic rings. The summed E-state index contributed by atoms with van der Waals surface area (Å²) in [5.41, 5.74) is 7.39. The molecular formula is C11H13Cl2NO. The molecule has 0 unspecified atom stereocenters. The van der Waals surface area contributed by atoms with Gasteiger partial charge in [0.15, 0.2) is 0 Å². The van der Waals surface area contributed by atoms with Crippen LogP contribution in [0, 0.1) is 0 Å². The van der Waals surface area contributed by atoms with Crippen LogP contribution in [0.5, 0.6) is 5.75 Å². The lowest BCUT2D eigenvalue weighted by molar-refractivity contribution is 0.461. The lowest BCUT2D eigenvalue weighted by atomic mass is 10.0. The summed E-state index contributed by atoms with van der Waals surface area (Å²) < 4.78 is 0. The van der Waals surface area contributed by atoms with Crippen LogP contribution in [0.2, 0.25) is 10.0 Å². The average molecular weight is 246 g/mol. The van der Waals surface area contributed by atoms with E-state index in [-0.39, 0.29) is 16.8 Å². The van der Waals surface area contributed by atoms with E-state index in [9.17, 15) is 5.11 Å². The highest BCUT2D eigenvalue weighted by Gasteiger charge is 2.14. The maximum absolute atomic E-state index is 9.71. The first kappa shape index (κ1) is 12.4. The van der Waals surface area contributed by atoms with Crippen molar-refractivity contribution >= 4 is 23.2 Å². The number of hydrogen-bond donors (Lipinski definition) is 2. The molecule has 0 aliphatic heterocycles. The molecule has 2 nitrogen and oxygen atoms in total. The van der Waals surface area contributed by atoms with Crippen LogP contribution in [0.1, 0.15) is 24.9 Å². The Bertz CT molecular complexity index is 390. The van der Waals surface area contributed by atoms with Crippen LogP contribution in [-0.2, 0) is 0 Å². The van der Waals surface area contributed by atoms with E-state index >= 15 is 0 Å². The molecule has 4 heteroatoms. The highest BCUT2D eigenvalue weighted by atomic mass is 35.5. The van der Waals surface area contributed by atoms with Gasteiger partial charge in [0.25, 0.3) is 0 Å². The second-order valence-electron chi connectivity index (χ2n) is 3.59. The maximum atomic E-state index is 9.71. The van der Waals surface area contributed by atoms with Gasteiger partial charge in [0.05, 0.1) is 5.02 Å². The molecule has 0 saturated carbocycles. The smallest absolute Gasteiger partial charge is 0.139 e. The number of rotatable bonds is 3. The molecule has 0 radical (unpaired) electrons. The first-order chi connectivity index (χ1) is 6.91. The molecule has 0 aliphatic carbocycles. The van der Waals surface area contributed by atoms with E-state index < -0.39 is 0 Å². The van der Waals surface area contributed by atoms with E-state index in [4.69, 9.17) is 28.9 Å². The van der Waals surface area contributed by atoms with Gasteiger partial charge in [-0.2, -0.15) is 0 Å². The highest BCUT2D eigenvalue weighted by Crippen LogP contribution is 2.35. The quantitative estimate of drug-likeness (QED) is 0.799. The Morgan fingerprint density at radius 2 is 2.13 bits per heavy atom. The average Bonchev–Trinajstić information content (AvgIpc) is 2.09. The third-order valence-electron chi connectivity index (χ3n) is 2.03. The Balaban J connectivity index is 3.07. The second kappa shape index (κ2) is 4.88. The van der Waals surface area contributed by atoms with E-state index in [1.807, 2.05) is 6.92 Å². The van der Waals surface area contributed by atoms with Crippen LogP contribution in [0.4, 0.5) is 0 Å². The molecule has 0 fully saturated rings. The van der Waals surface area contributed by atoms with E-state index in [0.29, 0.717) is 17.0 Å². The third-order valence-corrected chi connectivity index (χ3v) is 2.53. The minimum absolute atomic E-state index is 0.00480. The van der Waals surface area contributed by atoms with Gasteiger partial charge in [-0.1, -0.05) is 28.8 Å². The molecule has 1 atom stereocenters. The number of phenolic OH excluding ortho intramolecular Hbond substituents is 1. The third kappa shape index (κ3) is 3.13. The van der Waals surface area contributed by atoms with Crippen molar-refractivity contribution in [3.8, 4) is 5.75 Å². The fraction of sp³-hybridized carbons (Fsp3) is 0.273. The van der Waals surface area contributed by atoms with Gasteiger partial charge in [0.1, 0.15) is 5.75 Å². The van der Waals surface area contributed by atoms with Crippen molar-refractivity contribution in [2.24, 2.45) is 5.73 Å². The van der Waals surface area contributed by atoms with Crippen molar-refractivity contribution in [3.63, 3.8) is 0 Å². The summed E-state index contributed by atoms with van der Waals surface area (Å²) in [5.74, 6) is -0.00480. The van der Waals surface area contributed by atoms with Crippen molar-refractivity contribution in [3.05, 3.63) is 39.9 Å². The molecule has 82 valence electrons. The molecule has 0 heterocycles. The number of phenols is 1. The molecule has 3 N–H and O–H groups in total. The van der Waals surface area contributed by atoms with Crippen LogP contribution in [0.15, 0.2) is 24.3 Å². The number of benzene rings is 1. The summed E-state index contributed by atoms with van der Waals surface area (Å²) in [6.07, 6.45) is 0.588. The van der Waals surface area contributed by atoms with Crippen molar-refractivity contribution in [1.82, 2.24) is 0 Å². The molecule has 15 heavy (non-hydrogen) atoms. The summed E-state index contributed by atoms with van der Waals surface area (Å²) in [5, 5.41) is 10.4. The SMILES string of the molecule is C=C(C)C[C@H](N)c1cc(Cl)cc(Cl)c1O. The Labute approximate surface area is 99.3 Å². The standard InChI is InChI=1S/C11H13Cl2NO/c1-6(2)3-10(14)8-4-7(12)5-9(13)11(8)15/h4-5,10,15H,1,3,14H2,2H3/t10-/m0/s1. The summed E-state index contributed by atoms with van der Waals surface area (Å²) in [6, 6.07) is 2.77. The molecule has 0 amide bonds. The van der Waals surface area contributed by atoms with Crippen LogP contribution in [0.25, 0.3) is 0 Å². The fourth-order valence-electron chi connectivity index (χ4n) is 1.35. The summed E-state index contributed by atoms with van der Waals surface area (Å²) >= 11 is 11.6. The lowest BCUT2D eigenvalue weighted by Gasteiger charge is -2.14. The monoisotopic (exact) mass is 245 g/mol. The van der Waals surface area contributed by atoms with Gasteiger partial charge in [-0.15, -0.1) is 6.58 Å². The van der Waals surface area contributed by atoms with Gasteiger partial charge in [-0.3, -0.25) is 0 Å². The van der Waals surface area contributed by atoms with E-state index in [1.54, 1.807) is 6.07 Å². The minimum Gasteiger partial charge on any atom is -0.506 e. The predicted octanol–water partition coefficient (Wildman–Crippen LogP) is 3.67. The normalized spacial score (nSPS) is 12.5. The first-order valence-corrected chi connectivity index (χ1v) is 5.25. The van der Waals surface area contributed by atoms with Crippen molar-refractivity contribution in [2.75, 3.05) is 0 Å². The number of hydrogen-bond acceptors (Lipinski definition) is 2. The molecule has 0 saturated heterocycles. The highest BCUT2D eigenvalue weighted by molar-refractivity contribution is 6.35. The number of halogens is 2. The van der Waals surface area contributed by atoms with Crippen LogP contribution < -0.4 is 5.73 Å². The Hall–Kier alpha value is -0.700. The van der Waals surface area contributed by atoms with Crippen molar-refractivity contribution in [1.29, 1.82) is 0 Å². The van der Waals surface area contributed by atoms with Crippen LogP contribution in [-0.4, -0.2) is 5.11 Å². The Kier molecular flexibility index (Phi) is 4.03. The Morgan fingerprint density at radius 3 is 2.67 bits per heavy atom. The molecule has 0 spiro atoms. The van der Waals surface area contributed by atoms with Crippen LogP contribution in [0.3, 0.4) is 0 Å². The zero-order valence-electron chi connectivity index (χ0n) is 8.43. The lowest BCUT2D eigenvalue weighted by Crippen LogP contribution is -2.10. The van der Waals surface area contributed by atoms with E-state index in [2.05, 4.69) is 6.58 Å². The van der Waals surface area contributed by atoms with Gasteiger partial charge in [-0.05, 0) is 25.5 Å². The van der Waals surface area contributed by atoms with E-state index in [0.717, 1.165) is 5.57 Å². The van der Waals surface area contributed by atoms with Gasteiger partial charge < -0.3 is 10.8 Å². The molecule has 0 bridgehead atoms. The van der Waals surface area contributed by atoms with Crippen LogP contribution >= 0.6 is 23.2 Å². The van der Waals surface area contributed by atoms with Gasteiger partial charge in [-0.25, -0.2) is 0 Å². The Morgan fingerprint density at radius 1 is 1.53 bits per heavy atom. The van der Waals surface area contributed by atoms with Crippen molar-refractivity contribution in [2.45, 2.75) is 19.4 Å². The van der Waals surface area contributed by atoms with Gasteiger partial charge in [0.2, 0.25) is 0 Å². The fourth-order valence-corrected chi connectivity index (χ4v) is 1.86. The maximum Gasteiger partial charge on any atom is 0.139 e.